The molecule has 2 N–H and O–H groups in total. The van der Waals surface area contributed by atoms with Gasteiger partial charge in [-0.05, 0) is 17.7 Å². The van der Waals surface area contributed by atoms with Crippen molar-refractivity contribution in [2.24, 2.45) is 0 Å². The first-order chi connectivity index (χ1) is 10.1. The number of hydrogen-bond donors (Lipinski definition) is 2. The van der Waals surface area contributed by atoms with Crippen LogP contribution in [0.25, 0.3) is 27.9 Å². The standard InChI is InChI=1S/C17H12FNO2/c18-13-3-1-2-9-8-10-4-5-12-11(15(10)19-16(9)13)6-7-14(20)17(12)21/h1-8,14,17,20-21H/t14-,17-/m0/s1. The van der Waals surface area contributed by atoms with Crippen molar-refractivity contribution in [1.29, 1.82) is 0 Å². The van der Waals surface area contributed by atoms with E-state index in [1.165, 1.54) is 12.1 Å². The second kappa shape index (κ2) is 4.35. The number of nitrogens with zero attached hydrogens (tertiary/aromatic N) is 1. The Labute approximate surface area is 120 Å². The molecule has 0 fully saturated rings. The van der Waals surface area contributed by atoms with Gasteiger partial charge in [0, 0.05) is 16.3 Å². The monoisotopic (exact) mass is 281 g/mol. The summed E-state index contributed by atoms with van der Waals surface area (Å²) in [6.45, 7) is 0. The van der Waals surface area contributed by atoms with E-state index in [1.54, 1.807) is 18.2 Å². The minimum atomic E-state index is -0.979. The summed E-state index contributed by atoms with van der Waals surface area (Å²) in [4.78, 5) is 4.43. The zero-order chi connectivity index (χ0) is 14.6. The van der Waals surface area contributed by atoms with Crippen LogP contribution in [0, 0.1) is 5.82 Å². The third-order valence-electron chi connectivity index (χ3n) is 3.94. The van der Waals surface area contributed by atoms with Crippen molar-refractivity contribution in [2.45, 2.75) is 12.2 Å². The van der Waals surface area contributed by atoms with Gasteiger partial charge >= 0.3 is 0 Å². The molecule has 1 aromatic heterocycles. The molecule has 1 heterocycles. The third-order valence-corrected chi connectivity index (χ3v) is 3.94. The van der Waals surface area contributed by atoms with Crippen molar-refractivity contribution in [3.05, 3.63) is 59.4 Å². The van der Waals surface area contributed by atoms with Crippen LogP contribution in [-0.4, -0.2) is 21.3 Å². The fourth-order valence-corrected chi connectivity index (χ4v) is 2.84. The van der Waals surface area contributed by atoms with Gasteiger partial charge in [0.05, 0.1) is 5.52 Å². The Bertz CT molecular complexity index is 904. The number of aliphatic hydroxyl groups excluding tert-OH is 2. The van der Waals surface area contributed by atoms with Crippen molar-refractivity contribution in [3.8, 4) is 0 Å². The molecule has 0 spiro atoms. The number of hydrogen-bond acceptors (Lipinski definition) is 3. The molecule has 0 aliphatic heterocycles. The van der Waals surface area contributed by atoms with Gasteiger partial charge in [0.2, 0.25) is 0 Å². The van der Waals surface area contributed by atoms with Gasteiger partial charge in [0.25, 0.3) is 0 Å². The molecule has 1 aliphatic carbocycles. The van der Waals surface area contributed by atoms with E-state index >= 15 is 0 Å². The Morgan fingerprint density at radius 3 is 2.67 bits per heavy atom. The first kappa shape index (κ1) is 12.4. The highest BCUT2D eigenvalue weighted by atomic mass is 19.1. The van der Waals surface area contributed by atoms with E-state index in [1.807, 2.05) is 18.2 Å². The molecule has 0 amide bonds. The highest BCUT2D eigenvalue weighted by molar-refractivity contribution is 5.97. The highest BCUT2D eigenvalue weighted by Crippen LogP contribution is 2.34. The molecular formula is C17H12FNO2. The van der Waals surface area contributed by atoms with Crippen molar-refractivity contribution >= 4 is 27.9 Å². The van der Waals surface area contributed by atoms with Gasteiger partial charge in [0.15, 0.2) is 0 Å². The van der Waals surface area contributed by atoms with Crippen molar-refractivity contribution in [1.82, 2.24) is 4.98 Å². The number of benzene rings is 2. The second-order valence-electron chi connectivity index (χ2n) is 5.23. The van der Waals surface area contributed by atoms with Crippen LogP contribution in [0.3, 0.4) is 0 Å². The van der Waals surface area contributed by atoms with E-state index in [2.05, 4.69) is 4.98 Å². The smallest absolute Gasteiger partial charge is 0.149 e. The number of aliphatic hydroxyl groups is 2. The first-order valence-corrected chi connectivity index (χ1v) is 6.71. The summed E-state index contributed by atoms with van der Waals surface area (Å²) in [5, 5.41) is 21.4. The van der Waals surface area contributed by atoms with Crippen LogP contribution in [-0.2, 0) is 0 Å². The molecule has 1 aliphatic rings. The molecule has 4 heteroatoms. The molecular weight excluding hydrogens is 269 g/mol. The molecule has 3 aromatic rings. The van der Waals surface area contributed by atoms with Crippen molar-refractivity contribution < 1.29 is 14.6 Å². The average molecular weight is 281 g/mol. The quantitative estimate of drug-likeness (QED) is 0.623. The number of aromatic nitrogens is 1. The van der Waals surface area contributed by atoms with Crippen LogP contribution in [0.15, 0.2) is 42.5 Å². The van der Waals surface area contributed by atoms with Crippen LogP contribution in [0.5, 0.6) is 0 Å². The summed E-state index contributed by atoms with van der Waals surface area (Å²) in [7, 11) is 0. The van der Waals surface area contributed by atoms with E-state index in [0.717, 1.165) is 16.3 Å². The van der Waals surface area contributed by atoms with E-state index in [-0.39, 0.29) is 5.82 Å². The zero-order valence-corrected chi connectivity index (χ0v) is 11.0. The molecule has 0 bridgehead atoms. The molecule has 3 nitrogen and oxygen atoms in total. The van der Waals surface area contributed by atoms with E-state index in [9.17, 15) is 14.6 Å². The van der Waals surface area contributed by atoms with Gasteiger partial charge in [-0.2, -0.15) is 0 Å². The average Bonchev–Trinajstić information content (AvgIpc) is 2.49. The molecule has 0 saturated carbocycles. The second-order valence-corrected chi connectivity index (χ2v) is 5.23. The maximum absolute atomic E-state index is 13.9. The summed E-state index contributed by atoms with van der Waals surface area (Å²) >= 11 is 0. The van der Waals surface area contributed by atoms with E-state index < -0.39 is 12.2 Å². The molecule has 0 unspecified atom stereocenters. The Kier molecular flexibility index (Phi) is 2.58. The lowest BCUT2D eigenvalue weighted by molar-refractivity contribution is 0.0471. The van der Waals surface area contributed by atoms with Gasteiger partial charge in [-0.25, -0.2) is 9.37 Å². The molecule has 104 valence electrons. The van der Waals surface area contributed by atoms with Crippen LogP contribution >= 0.6 is 0 Å². The maximum Gasteiger partial charge on any atom is 0.149 e. The largest absolute Gasteiger partial charge is 0.386 e. The van der Waals surface area contributed by atoms with Crippen LogP contribution in [0.2, 0.25) is 0 Å². The van der Waals surface area contributed by atoms with Gasteiger partial charge in [-0.3, -0.25) is 0 Å². The molecule has 21 heavy (non-hydrogen) atoms. The van der Waals surface area contributed by atoms with E-state index in [0.29, 0.717) is 16.6 Å². The van der Waals surface area contributed by atoms with Gasteiger partial charge < -0.3 is 10.2 Å². The zero-order valence-electron chi connectivity index (χ0n) is 11.0. The number of pyridine rings is 1. The van der Waals surface area contributed by atoms with Gasteiger partial charge in [-0.15, -0.1) is 0 Å². The topological polar surface area (TPSA) is 53.4 Å². The fraction of sp³-hybridized carbons (Fsp3) is 0.118. The lowest BCUT2D eigenvalue weighted by Gasteiger charge is -2.22. The Morgan fingerprint density at radius 2 is 1.81 bits per heavy atom. The summed E-state index contributed by atoms with van der Waals surface area (Å²) in [5.74, 6) is -0.368. The summed E-state index contributed by atoms with van der Waals surface area (Å²) in [5.41, 5.74) is 2.29. The summed E-state index contributed by atoms with van der Waals surface area (Å²) in [6, 6.07) is 10.3. The Balaban J connectivity index is 2.11. The lowest BCUT2D eigenvalue weighted by atomic mass is 9.90. The first-order valence-electron chi connectivity index (χ1n) is 6.71. The number of para-hydroxylation sites is 1. The predicted octanol–water partition coefficient (Wildman–Crippen LogP) is 2.95. The SMILES string of the molecule is O[C@H]1C=Cc2c(ccc3cc4cccc(F)c4nc23)[C@@H]1O. The van der Waals surface area contributed by atoms with Crippen LogP contribution < -0.4 is 0 Å². The third kappa shape index (κ3) is 1.77. The number of halogens is 1. The van der Waals surface area contributed by atoms with Crippen molar-refractivity contribution in [2.75, 3.05) is 0 Å². The van der Waals surface area contributed by atoms with Gasteiger partial charge in [-0.1, -0.05) is 36.4 Å². The minimum Gasteiger partial charge on any atom is -0.386 e. The van der Waals surface area contributed by atoms with Crippen LogP contribution in [0.1, 0.15) is 17.2 Å². The van der Waals surface area contributed by atoms with E-state index in [4.69, 9.17) is 0 Å². The maximum atomic E-state index is 13.9. The number of rotatable bonds is 0. The predicted molar refractivity (Wildman–Crippen MR) is 79.2 cm³/mol. The Hall–Kier alpha value is -2.30. The van der Waals surface area contributed by atoms with Gasteiger partial charge in [0.1, 0.15) is 23.5 Å². The molecule has 2 aromatic carbocycles. The normalized spacial score (nSPS) is 20.9. The lowest BCUT2D eigenvalue weighted by Crippen LogP contribution is -2.19. The number of fused-ring (bicyclic) bond motifs is 4. The van der Waals surface area contributed by atoms with Crippen molar-refractivity contribution in [3.63, 3.8) is 0 Å². The molecule has 2 atom stereocenters. The summed E-state index contributed by atoms with van der Waals surface area (Å²) < 4.78 is 13.9. The molecule has 0 saturated heterocycles. The summed E-state index contributed by atoms with van der Waals surface area (Å²) in [6.07, 6.45) is 1.36. The Morgan fingerprint density at radius 1 is 1.00 bits per heavy atom. The van der Waals surface area contributed by atoms with Crippen LogP contribution in [0.4, 0.5) is 4.39 Å². The molecule has 4 rings (SSSR count). The fourth-order valence-electron chi connectivity index (χ4n) is 2.84. The minimum absolute atomic E-state index is 0.312. The highest BCUT2D eigenvalue weighted by Gasteiger charge is 2.24. The molecule has 0 radical (unpaired) electrons.